The summed E-state index contributed by atoms with van der Waals surface area (Å²) in [4.78, 5) is 16.2. The predicted molar refractivity (Wildman–Crippen MR) is 97.6 cm³/mol. The Morgan fingerprint density at radius 2 is 2.04 bits per heavy atom. The lowest BCUT2D eigenvalue weighted by atomic mass is 9.94. The Morgan fingerprint density at radius 1 is 1.08 bits per heavy atom. The Bertz CT molecular complexity index is 827. The first-order valence-corrected chi connectivity index (χ1v) is 8.89. The van der Waals surface area contributed by atoms with Crippen LogP contribution in [0, 0.1) is 6.92 Å². The molecule has 0 amide bonds. The Kier molecular flexibility index (Phi) is 4.57. The van der Waals surface area contributed by atoms with Gasteiger partial charge < -0.3 is 0 Å². The minimum atomic E-state index is 0.473. The maximum absolute atomic E-state index is 4.92. The molecule has 1 atom stereocenters. The monoisotopic (exact) mass is 333 g/mol. The van der Waals surface area contributed by atoms with E-state index >= 15 is 0 Å². The number of pyridine rings is 2. The number of nitrogens with zero attached hydrogens (tertiary/aromatic N) is 5. The maximum atomic E-state index is 4.92. The molecule has 5 heteroatoms. The number of imidazole rings is 1. The van der Waals surface area contributed by atoms with Crippen LogP contribution in [0.3, 0.4) is 0 Å². The van der Waals surface area contributed by atoms with E-state index in [0.29, 0.717) is 5.92 Å². The van der Waals surface area contributed by atoms with Crippen LogP contribution in [-0.4, -0.2) is 37.5 Å². The average Bonchev–Trinajstić information content (AvgIpc) is 3.09. The van der Waals surface area contributed by atoms with Gasteiger partial charge in [0.2, 0.25) is 0 Å². The van der Waals surface area contributed by atoms with Gasteiger partial charge in [-0.25, -0.2) is 9.97 Å². The number of aromatic nitrogens is 4. The van der Waals surface area contributed by atoms with Crippen molar-refractivity contribution >= 4 is 0 Å². The zero-order valence-electron chi connectivity index (χ0n) is 14.5. The normalized spacial score (nSPS) is 18.4. The Labute approximate surface area is 148 Å². The van der Waals surface area contributed by atoms with E-state index in [4.69, 9.17) is 4.98 Å². The van der Waals surface area contributed by atoms with Crippen LogP contribution in [0.2, 0.25) is 0 Å². The van der Waals surface area contributed by atoms with Crippen molar-refractivity contribution in [2.75, 3.05) is 13.1 Å². The molecule has 0 bridgehead atoms. The van der Waals surface area contributed by atoms with E-state index in [1.807, 2.05) is 42.2 Å². The molecule has 0 aliphatic carbocycles. The smallest absolute Gasteiger partial charge is 0.138 e. The van der Waals surface area contributed by atoms with Crippen molar-refractivity contribution in [3.63, 3.8) is 0 Å². The fraction of sp³-hybridized carbons (Fsp3) is 0.350. The molecule has 3 aromatic rings. The van der Waals surface area contributed by atoms with Crippen LogP contribution in [0.25, 0.3) is 5.82 Å². The van der Waals surface area contributed by atoms with Gasteiger partial charge in [-0.1, -0.05) is 12.1 Å². The van der Waals surface area contributed by atoms with Gasteiger partial charge >= 0.3 is 0 Å². The van der Waals surface area contributed by atoms with Crippen LogP contribution in [0.5, 0.6) is 0 Å². The Morgan fingerprint density at radius 3 is 2.84 bits per heavy atom. The van der Waals surface area contributed by atoms with Crippen LogP contribution in [0.4, 0.5) is 0 Å². The van der Waals surface area contributed by atoms with Crippen molar-refractivity contribution in [3.8, 4) is 5.82 Å². The molecule has 0 radical (unpaired) electrons. The second-order valence-electron chi connectivity index (χ2n) is 6.66. The van der Waals surface area contributed by atoms with Gasteiger partial charge in [-0.15, -0.1) is 0 Å². The summed E-state index contributed by atoms with van der Waals surface area (Å²) in [5.41, 5.74) is 2.32. The first-order chi connectivity index (χ1) is 12.3. The summed E-state index contributed by atoms with van der Waals surface area (Å²) in [6.07, 6.45) is 8.05. The highest BCUT2D eigenvalue weighted by molar-refractivity contribution is 5.28. The fourth-order valence-corrected chi connectivity index (χ4v) is 3.58. The van der Waals surface area contributed by atoms with Crippen molar-refractivity contribution in [1.82, 2.24) is 24.4 Å². The van der Waals surface area contributed by atoms with Crippen LogP contribution in [0.15, 0.2) is 55.0 Å². The summed E-state index contributed by atoms with van der Waals surface area (Å²) in [6.45, 7) is 5.09. The summed E-state index contributed by atoms with van der Waals surface area (Å²) in [6, 6.07) is 12.4. The lowest BCUT2D eigenvalue weighted by molar-refractivity contribution is 0.196. The van der Waals surface area contributed by atoms with Gasteiger partial charge in [-0.05, 0) is 50.6 Å². The quantitative estimate of drug-likeness (QED) is 0.734. The standard InChI is InChI=1S/C20H23N5/c1-16-21-11-13-25(16)20-9-4-8-19(23-20)17-6-5-12-24(14-17)15-18-7-2-3-10-22-18/h2-4,7-11,13,17H,5-6,12,14-15H2,1H3/t17-/m0/s1. The van der Waals surface area contributed by atoms with Crippen molar-refractivity contribution in [2.24, 2.45) is 0 Å². The number of aryl methyl sites for hydroxylation is 1. The molecule has 0 aromatic carbocycles. The number of piperidine rings is 1. The molecule has 0 spiro atoms. The third-order valence-electron chi connectivity index (χ3n) is 4.86. The molecule has 0 saturated carbocycles. The third kappa shape index (κ3) is 3.61. The lowest BCUT2D eigenvalue weighted by Crippen LogP contribution is -2.34. The van der Waals surface area contributed by atoms with Gasteiger partial charge in [-0.3, -0.25) is 14.5 Å². The summed E-state index contributed by atoms with van der Waals surface area (Å²) in [5, 5.41) is 0. The van der Waals surface area contributed by atoms with Crippen molar-refractivity contribution in [2.45, 2.75) is 32.2 Å². The van der Waals surface area contributed by atoms with Gasteiger partial charge in [0.15, 0.2) is 0 Å². The summed E-state index contributed by atoms with van der Waals surface area (Å²) in [7, 11) is 0. The van der Waals surface area contributed by atoms with E-state index in [1.165, 1.54) is 18.5 Å². The molecule has 4 heterocycles. The zero-order chi connectivity index (χ0) is 17.1. The lowest BCUT2D eigenvalue weighted by Gasteiger charge is -2.32. The van der Waals surface area contributed by atoms with Crippen molar-refractivity contribution in [1.29, 1.82) is 0 Å². The van der Waals surface area contributed by atoms with Crippen LogP contribution in [-0.2, 0) is 6.54 Å². The fourth-order valence-electron chi connectivity index (χ4n) is 3.58. The number of likely N-dealkylation sites (tertiary alicyclic amines) is 1. The molecule has 25 heavy (non-hydrogen) atoms. The largest absolute Gasteiger partial charge is 0.297 e. The molecule has 1 saturated heterocycles. The molecule has 1 aliphatic heterocycles. The molecule has 1 aliphatic rings. The molecular weight excluding hydrogens is 310 g/mol. The molecule has 3 aromatic heterocycles. The average molecular weight is 333 g/mol. The molecular formula is C20H23N5. The highest BCUT2D eigenvalue weighted by atomic mass is 15.1. The minimum absolute atomic E-state index is 0.473. The Hall–Kier alpha value is -2.53. The predicted octanol–water partition coefficient (Wildman–Crippen LogP) is 3.35. The zero-order valence-corrected chi connectivity index (χ0v) is 14.5. The first-order valence-electron chi connectivity index (χ1n) is 8.89. The highest BCUT2D eigenvalue weighted by Crippen LogP contribution is 2.27. The molecule has 128 valence electrons. The Balaban J connectivity index is 1.51. The molecule has 4 rings (SSSR count). The molecule has 0 N–H and O–H groups in total. The van der Waals surface area contributed by atoms with E-state index in [0.717, 1.165) is 37.0 Å². The number of hydrogen-bond acceptors (Lipinski definition) is 4. The van der Waals surface area contributed by atoms with E-state index in [-0.39, 0.29) is 0 Å². The van der Waals surface area contributed by atoms with Crippen LogP contribution >= 0.6 is 0 Å². The number of rotatable bonds is 4. The van der Waals surface area contributed by atoms with Gasteiger partial charge in [0.1, 0.15) is 11.6 Å². The molecule has 5 nitrogen and oxygen atoms in total. The van der Waals surface area contributed by atoms with E-state index < -0.39 is 0 Å². The number of hydrogen-bond donors (Lipinski definition) is 0. The maximum Gasteiger partial charge on any atom is 0.138 e. The summed E-state index contributed by atoms with van der Waals surface area (Å²) in [5.74, 6) is 2.39. The van der Waals surface area contributed by atoms with Gasteiger partial charge in [0.05, 0.1) is 5.69 Å². The molecule has 0 unspecified atom stereocenters. The van der Waals surface area contributed by atoms with Crippen LogP contribution < -0.4 is 0 Å². The van der Waals surface area contributed by atoms with Gasteiger partial charge in [0.25, 0.3) is 0 Å². The van der Waals surface area contributed by atoms with E-state index in [1.54, 1.807) is 0 Å². The van der Waals surface area contributed by atoms with Crippen molar-refractivity contribution < 1.29 is 0 Å². The van der Waals surface area contributed by atoms with Gasteiger partial charge in [-0.2, -0.15) is 0 Å². The third-order valence-corrected chi connectivity index (χ3v) is 4.86. The topological polar surface area (TPSA) is 46.8 Å². The summed E-state index contributed by atoms with van der Waals surface area (Å²) >= 11 is 0. The summed E-state index contributed by atoms with van der Waals surface area (Å²) < 4.78 is 2.04. The van der Waals surface area contributed by atoms with E-state index in [2.05, 4.69) is 39.1 Å². The SMILES string of the molecule is Cc1nccn1-c1cccc([C@H]2CCCN(Cc3ccccn3)C2)n1. The highest BCUT2D eigenvalue weighted by Gasteiger charge is 2.23. The second-order valence-corrected chi connectivity index (χ2v) is 6.66. The second kappa shape index (κ2) is 7.15. The first kappa shape index (κ1) is 16.0. The van der Waals surface area contributed by atoms with Crippen molar-refractivity contribution in [3.05, 3.63) is 72.2 Å². The molecule has 1 fully saturated rings. The minimum Gasteiger partial charge on any atom is -0.297 e. The van der Waals surface area contributed by atoms with Gasteiger partial charge in [0, 0.05) is 43.3 Å². The van der Waals surface area contributed by atoms with Crippen LogP contribution in [0.1, 0.15) is 36.0 Å². The van der Waals surface area contributed by atoms with E-state index in [9.17, 15) is 0 Å².